The maximum atomic E-state index is 12.8. The normalized spacial score (nSPS) is 10.7. The first-order chi connectivity index (χ1) is 9.72. The highest BCUT2D eigenvalue weighted by Gasteiger charge is 2.05. The molecule has 1 aromatic heterocycles. The van der Waals surface area contributed by atoms with E-state index < -0.39 is 0 Å². The van der Waals surface area contributed by atoms with Gasteiger partial charge in [-0.1, -0.05) is 18.2 Å². The first kappa shape index (κ1) is 12.4. The Morgan fingerprint density at radius 1 is 1.05 bits per heavy atom. The minimum atomic E-state index is -0.288. The van der Waals surface area contributed by atoms with Crippen LogP contribution in [0.1, 0.15) is 5.56 Å². The van der Waals surface area contributed by atoms with Gasteiger partial charge in [0.05, 0.1) is 5.52 Å². The number of anilines is 1. The van der Waals surface area contributed by atoms with Gasteiger partial charge in [0.25, 0.3) is 0 Å². The maximum absolute atomic E-state index is 12.8. The summed E-state index contributed by atoms with van der Waals surface area (Å²) < 4.78 is 18.4. The SMILES string of the molecule is Nc1nc2ccccc2cc1COc1ccc(F)cc1. The number of nitrogens with zero attached hydrogens (tertiary/aromatic N) is 1. The van der Waals surface area contributed by atoms with Gasteiger partial charge in [0.2, 0.25) is 0 Å². The number of rotatable bonds is 3. The predicted molar refractivity (Wildman–Crippen MR) is 76.9 cm³/mol. The zero-order valence-corrected chi connectivity index (χ0v) is 10.7. The van der Waals surface area contributed by atoms with Crippen molar-refractivity contribution < 1.29 is 9.13 Å². The summed E-state index contributed by atoms with van der Waals surface area (Å²) in [6.45, 7) is 0.301. The van der Waals surface area contributed by atoms with Gasteiger partial charge < -0.3 is 10.5 Å². The monoisotopic (exact) mass is 268 g/mol. The lowest BCUT2D eigenvalue weighted by atomic mass is 10.1. The number of fused-ring (bicyclic) bond motifs is 1. The fourth-order valence-electron chi connectivity index (χ4n) is 1.98. The molecule has 2 N–H and O–H groups in total. The minimum absolute atomic E-state index is 0.288. The van der Waals surface area contributed by atoms with Crippen molar-refractivity contribution in [2.24, 2.45) is 0 Å². The number of para-hydroxylation sites is 1. The summed E-state index contributed by atoms with van der Waals surface area (Å²) >= 11 is 0. The number of hydrogen-bond acceptors (Lipinski definition) is 3. The largest absolute Gasteiger partial charge is 0.489 e. The Balaban J connectivity index is 1.83. The van der Waals surface area contributed by atoms with E-state index in [0.29, 0.717) is 18.2 Å². The molecular formula is C16H13FN2O. The zero-order chi connectivity index (χ0) is 13.9. The molecule has 0 atom stereocenters. The van der Waals surface area contributed by atoms with Crippen molar-refractivity contribution in [3.05, 3.63) is 66.0 Å². The molecule has 0 fully saturated rings. The molecule has 1 heterocycles. The topological polar surface area (TPSA) is 48.1 Å². The maximum Gasteiger partial charge on any atom is 0.130 e. The van der Waals surface area contributed by atoms with Gasteiger partial charge in [0.15, 0.2) is 0 Å². The quantitative estimate of drug-likeness (QED) is 0.790. The van der Waals surface area contributed by atoms with E-state index in [0.717, 1.165) is 16.5 Å². The Morgan fingerprint density at radius 2 is 1.80 bits per heavy atom. The molecule has 0 bridgehead atoms. The van der Waals surface area contributed by atoms with Crippen molar-refractivity contribution in [3.8, 4) is 5.75 Å². The Kier molecular flexibility index (Phi) is 3.21. The van der Waals surface area contributed by atoms with Gasteiger partial charge in [-0.05, 0) is 36.4 Å². The molecule has 0 spiro atoms. The van der Waals surface area contributed by atoms with Crippen LogP contribution in [0.2, 0.25) is 0 Å². The number of hydrogen-bond donors (Lipinski definition) is 1. The Bertz CT molecular complexity index is 741. The van der Waals surface area contributed by atoms with Gasteiger partial charge in [-0.15, -0.1) is 0 Å². The zero-order valence-electron chi connectivity index (χ0n) is 10.7. The molecule has 0 amide bonds. The summed E-state index contributed by atoms with van der Waals surface area (Å²) in [5, 5.41) is 1.01. The number of aromatic nitrogens is 1. The van der Waals surface area contributed by atoms with E-state index in [2.05, 4.69) is 4.98 Å². The van der Waals surface area contributed by atoms with Gasteiger partial charge in [-0.2, -0.15) is 0 Å². The molecule has 3 rings (SSSR count). The third-order valence-corrected chi connectivity index (χ3v) is 3.04. The van der Waals surface area contributed by atoms with E-state index >= 15 is 0 Å². The molecular weight excluding hydrogens is 255 g/mol. The molecule has 0 saturated carbocycles. The molecule has 0 aliphatic carbocycles. The van der Waals surface area contributed by atoms with Crippen LogP contribution in [-0.4, -0.2) is 4.98 Å². The highest BCUT2D eigenvalue weighted by atomic mass is 19.1. The molecule has 2 aromatic carbocycles. The molecule has 0 unspecified atom stereocenters. The van der Waals surface area contributed by atoms with Crippen LogP contribution in [0.15, 0.2) is 54.6 Å². The van der Waals surface area contributed by atoms with Crippen LogP contribution in [0.5, 0.6) is 5.75 Å². The molecule has 100 valence electrons. The molecule has 3 aromatic rings. The van der Waals surface area contributed by atoms with E-state index in [4.69, 9.17) is 10.5 Å². The summed E-state index contributed by atoms with van der Waals surface area (Å²) in [5.74, 6) is 0.758. The lowest BCUT2D eigenvalue weighted by Gasteiger charge is -2.09. The first-order valence-corrected chi connectivity index (χ1v) is 6.25. The van der Waals surface area contributed by atoms with Crippen LogP contribution in [0, 0.1) is 5.82 Å². The van der Waals surface area contributed by atoms with Gasteiger partial charge >= 0.3 is 0 Å². The summed E-state index contributed by atoms with van der Waals surface area (Å²) in [6, 6.07) is 15.6. The van der Waals surface area contributed by atoms with Crippen LogP contribution in [0.25, 0.3) is 10.9 Å². The van der Waals surface area contributed by atoms with Crippen molar-refractivity contribution in [3.63, 3.8) is 0 Å². The fourth-order valence-corrected chi connectivity index (χ4v) is 1.98. The summed E-state index contributed by atoms with van der Waals surface area (Å²) in [6.07, 6.45) is 0. The highest BCUT2D eigenvalue weighted by Crippen LogP contribution is 2.20. The van der Waals surface area contributed by atoms with E-state index in [9.17, 15) is 4.39 Å². The van der Waals surface area contributed by atoms with Crippen molar-refractivity contribution in [2.75, 3.05) is 5.73 Å². The van der Waals surface area contributed by atoms with Crippen molar-refractivity contribution >= 4 is 16.7 Å². The number of ether oxygens (including phenoxy) is 1. The number of benzene rings is 2. The first-order valence-electron chi connectivity index (χ1n) is 6.25. The second-order valence-electron chi connectivity index (χ2n) is 4.47. The van der Waals surface area contributed by atoms with Crippen molar-refractivity contribution in [1.29, 1.82) is 0 Å². The summed E-state index contributed by atoms with van der Waals surface area (Å²) in [4.78, 5) is 4.34. The highest BCUT2D eigenvalue weighted by molar-refractivity contribution is 5.81. The molecule has 3 nitrogen and oxygen atoms in total. The van der Waals surface area contributed by atoms with Crippen molar-refractivity contribution in [1.82, 2.24) is 4.98 Å². The Morgan fingerprint density at radius 3 is 2.60 bits per heavy atom. The molecule has 0 aliphatic heterocycles. The molecule has 0 radical (unpaired) electrons. The van der Waals surface area contributed by atoms with Gasteiger partial charge in [-0.25, -0.2) is 9.37 Å². The summed E-state index contributed by atoms with van der Waals surface area (Å²) in [5.41, 5.74) is 7.59. The number of nitrogens with two attached hydrogens (primary N) is 1. The molecule has 20 heavy (non-hydrogen) atoms. The fraction of sp³-hybridized carbons (Fsp3) is 0.0625. The summed E-state index contributed by atoms with van der Waals surface area (Å²) in [7, 11) is 0. The average molecular weight is 268 g/mol. The van der Waals surface area contributed by atoms with Gasteiger partial charge in [0, 0.05) is 10.9 Å². The van der Waals surface area contributed by atoms with E-state index in [1.165, 1.54) is 12.1 Å². The van der Waals surface area contributed by atoms with Crippen LogP contribution in [-0.2, 0) is 6.61 Å². The van der Waals surface area contributed by atoms with E-state index in [-0.39, 0.29) is 5.82 Å². The Labute approximate surface area is 115 Å². The predicted octanol–water partition coefficient (Wildman–Crippen LogP) is 3.54. The van der Waals surface area contributed by atoms with Crippen LogP contribution in [0.4, 0.5) is 10.2 Å². The van der Waals surface area contributed by atoms with Crippen LogP contribution < -0.4 is 10.5 Å². The van der Waals surface area contributed by atoms with E-state index in [1.807, 2.05) is 30.3 Å². The third kappa shape index (κ3) is 2.54. The second kappa shape index (κ2) is 5.17. The van der Waals surface area contributed by atoms with Gasteiger partial charge in [0.1, 0.15) is 24.0 Å². The average Bonchev–Trinajstić information content (AvgIpc) is 2.47. The van der Waals surface area contributed by atoms with Crippen LogP contribution in [0.3, 0.4) is 0 Å². The lowest BCUT2D eigenvalue weighted by molar-refractivity contribution is 0.306. The van der Waals surface area contributed by atoms with E-state index in [1.54, 1.807) is 12.1 Å². The van der Waals surface area contributed by atoms with Gasteiger partial charge in [-0.3, -0.25) is 0 Å². The Hall–Kier alpha value is -2.62. The van der Waals surface area contributed by atoms with Crippen molar-refractivity contribution in [2.45, 2.75) is 6.61 Å². The number of nitrogen functional groups attached to an aromatic ring is 1. The molecule has 4 heteroatoms. The minimum Gasteiger partial charge on any atom is -0.489 e. The molecule has 0 aliphatic rings. The molecule has 0 saturated heterocycles. The third-order valence-electron chi connectivity index (χ3n) is 3.04. The van der Waals surface area contributed by atoms with Crippen LogP contribution >= 0.6 is 0 Å². The standard InChI is InChI=1S/C16H13FN2O/c17-13-5-7-14(8-6-13)20-10-12-9-11-3-1-2-4-15(11)19-16(12)18/h1-9H,10H2,(H2,18,19). The smallest absolute Gasteiger partial charge is 0.130 e. The lowest BCUT2D eigenvalue weighted by Crippen LogP contribution is -2.02. The number of pyridine rings is 1. The number of halogens is 1. The second-order valence-corrected chi connectivity index (χ2v) is 4.47.